The molecule has 2 aromatic heterocycles. The van der Waals surface area contributed by atoms with Crippen molar-refractivity contribution in [2.75, 3.05) is 13.1 Å². The summed E-state index contributed by atoms with van der Waals surface area (Å²) in [6.07, 6.45) is 4.50. The van der Waals surface area contributed by atoms with Gasteiger partial charge in [-0.3, -0.25) is 4.79 Å². The Hall–Kier alpha value is -3.41. The van der Waals surface area contributed by atoms with Gasteiger partial charge < -0.3 is 13.9 Å². The number of fused-ring (bicyclic) bond motifs is 1. The van der Waals surface area contributed by atoms with Crippen LogP contribution in [0.15, 0.2) is 65.2 Å². The lowest BCUT2D eigenvalue weighted by Gasteiger charge is -2.31. The molecule has 31 heavy (non-hydrogen) atoms. The van der Waals surface area contributed by atoms with Crippen LogP contribution in [0, 0.1) is 6.92 Å². The first kappa shape index (κ1) is 19.5. The minimum Gasteiger partial charge on any atom is -0.445 e. The number of carbonyl (C=O) groups is 1. The number of piperidine rings is 1. The number of rotatable bonds is 5. The summed E-state index contributed by atoms with van der Waals surface area (Å²) in [5.41, 5.74) is 3.13. The second-order valence-electron chi connectivity index (χ2n) is 8.24. The number of aromatic nitrogens is 3. The smallest absolute Gasteiger partial charge is 0.242 e. The van der Waals surface area contributed by atoms with E-state index in [2.05, 4.69) is 22.1 Å². The second kappa shape index (κ2) is 8.38. The van der Waals surface area contributed by atoms with Crippen LogP contribution >= 0.6 is 0 Å². The van der Waals surface area contributed by atoms with E-state index in [0.29, 0.717) is 13.1 Å². The fraction of sp³-hybridized carbons (Fsp3) is 0.320. The third kappa shape index (κ3) is 4.10. The summed E-state index contributed by atoms with van der Waals surface area (Å²) < 4.78 is 8.08. The van der Waals surface area contributed by atoms with Crippen molar-refractivity contribution >= 4 is 16.9 Å². The lowest BCUT2D eigenvalue weighted by atomic mass is 9.98. The van der Waals surface area contributed by atoms with E-state index in [1.165, 1.54) is 5.56 Å². The van der Waals surface area contributed by atoms with Crippen LogP contribution in [0.2, 0.25) is 0 Å². The number of oxazole rings is 1. The van der Waals surface area contributed by atoms with Crippen molar-refractivity contribution in [2.24, 2.45) is 0 Å². The largest absolute Gasteiger partial charge is 0.445 e. The second-order valence-corrected chi connectivity index (χ2v) is 8.24. The molecule has 158 valence electrons. The van der Waals surface area contributed by atoms with Crippen molar-refractivity contribution in [1.82, 2.24) is 19.4 Å². The summed E-state index contributed by atoms with van der Waals surface area (Å²) >= 11 is 0. The number of imidazole rings is 1. The molecule has 3 heterocycles. The molecule has 1 fully saturated rings. The molecule has 0 saturated carbocycles. The van der Waals surface area contributed by atoms with Gasteiger partial charge in [-0.15, -0.1) is 0 Å². The van der Waals surface area contributed by atoms with Crippen molar-refractivity contribution < 1.29 is 9.21 Å². The molecule has 0 bridgehead atoms. The quantitative estimate of drug-likeness (QED) is 0.488. The number of likely N-dealkylation sites (tertiary alicyclic amines) is 1. The van der Waals surface area contributed by atoms with E-state index in [9.17, 15) is 4.79 Å². The molecular formula is C25H26N4O2. The maximum Gasteiger partial charge on any atom is 0.242 e. The van der Waals surface area contributed by atoms with E-state index >= 15 is 0 Å². The van der Waals surface area contributed by atoms with Gasteiger partial charge in [0.1, 0.15) is 18.1 Å². The Labute approximate surface area is 181 Å². The number of carbonyl (C=O) groups excluding carboxylic acids is 1. The molecule has 2 aromatic carbocycles. The van der Waals surface area contributed by atoms with Crippen LogP contribution < -0.4 is 0 Å². The van der Waals surface area contributed by atoms with Gasteiger partial charge in [0.25, 0.3) is 0 Å². The first-order valence-corrected chi connectivity index (χ1v) is 10.9. The van der Waals surface area contributed by atoms with Crippen molar-refractivity contribution in [2.45, 2.75) is 38.6 Å². The summed E-state index contributed by atoms with van der Waals surface area (Å²) in [5, 5.41) is 0. The molecule has 1 atom stereocenters. The van der Waals surface area contributed by atoms with E-state index in [0.717, 1.165) is 54.3 Å². The molecule has 5 rings (SSSR count). The van der Waals surface area contributed by atoms with Gasteiger partial charge in [0, 0.05) is 19.5 Å². The predicted molar refractivity (Wildman–Crippen MR) is 119 cm³/mol. The minimum absolute atomic E-state index is 0.118. The van der Waals surface area contributed by atoms with Gasteiger partial charge in [-0.25, -0.2) is 9.97 Å². The predicted octanol–water partition coefficient (Wildman–Crippen LogP) is 4.33. The SMILES string of the molecule is Cc1nc2ccccc2n1CC(=O)N1CCC[C@H](c2ncc(Cc3ccccc3)o2)C1. The van der Waals surface area contributed by atoms with E-state index in [1.807, 2.05) is 65.1 Å². The van der Waals surface area contributed by atoms with Crippen molar-refractivity contribution in [3.05, 3.63) is 83.8 Å². The van der Waals surface area contributed by atoms with Crippen molar-refractivity contribution in [1.29, 1.82) is 0 Å². The number of amides is 1. The van der Waals surface area contributed by atoms with Crippen molar-refractivity contribution in [3.63, 3.8) is 0 Å². The molecule has 1 aliphatic rings. The summed E-state index contributed by atoms with van der Waals surface area (Å²) in [6, 6.07) is 18.2. The van der Waals surface area contributed by atoms with Crippen LogP contribution in [0.4, 0.5) is 0 Å². The molecule has 0 aliphatic carbocycles. The molecule has 0 unspecified atom stereocenters. The van der Waals surface area contributed by atoms with Crippen LogP contribution in [0.1, 0.15) is 41.8 Å². The topological polar surface area (TPSA) is 64.2 Å². The van der Waals surface area contributed by atoms with E-state index in [-0.39, 0.29) is 11.8 Å². The number of hydrogen-bond acceptors (Lipinski definition) is 4. The van der Waals surface area contributed by atoms with Crippen LogP contribution in [0.3, 0.4) is 0 Å². The molecule has 1 saturated heterocycles. The number of para-hydroxylation sites is 2. The molecule has 6 nitrogen and oxygen atoms in total. The average molecular weight is 415 g/mol. The molecule has 4 aromatic rings. The first-order chi connectivity index (χ1) is 15.2. The maximum atomic E-state index is 13.1. The van der Waals surface area contributed by atoms with E-state index in [4.69, 9.17) is 4.42 Å². The Balaban J connectivity index is 1.27. The Bertz CT molecular complexity index is 1190. The highest BCUT2D eigenvalue weighted by atomic mass is 16.4. The van der Waals surface area contributed by atoms with Gasteiger partial charge >= 0.3 is 0 Å². The zero-order valence-corrected chi connectivity index (χ0v) is 17.7. The lowest BCUT2D eigenvalue weighted by molar-refractivity contribution is -0.133. The number of benzene rings is 2. The maximum absolute atomic E-state index is 13.1. The van der Waals surface area contributed by atoms with Gasteiger partial charge in [-0.1, -0.05) is 42.5 Å². The van der Waals surface area contributed by atoms with Gasteiger partial charge in [0.15, 0.2) is 5.89 Å². The fourth-order valence-corrected chi connectivity index (χ4v) is 4.43. The Morgan fingerprint density at radius 1 is 1.13 bits per heavy atom. The third-order valence-corrected chi connectivity index (χ3v) is 6.05. The van der Waals surface area contributed by atoms with Gasteiger partial charge in [-0.05, 0) is 37.5 Å². The normalized spacial score (nSPS) is 16.7. The number of hydrogen-bond donors (Lipinski definition) is 0. The van der Waals surface area contributed by atoms with E-state index < -0.39 is 0 Å². The van der Waals surface area contributed by atoms with Gasteiger partial charge in [-0.2, -0.15) is 0 Å². The van der Waals surface area contributed by atoms with E-state index in [1.54, 1.807) is 0 Å². The fourth-order valence-electron chi connectivity index (χ4n) is 4.43. The standard InChI is InChI=1S/C25H26N4O2/c1-18-27-22-11-5-6-12-23(22)29(18)17-24(30)28-13-7-10-20(16-28)25-26-15-21(31-25)14-19-8-3-2-4-9-19/h2-6,8-9,11-12,15,20H,7,10,13-14,16-17H2,1H3/t20-/m0/s1. The summed E-state index contributed by atoms with van der Waals surface area (Å²) in [5.74, 6) is 2.73. The van der Waals surface area contributed by atoms with Crippen LogP contribution in [0.25, 0.3) is 11.0 Å². The molecule has 1 amide bonds. The summed E-state index contributed by atoms with van der Waals surface area (Å²) in [7, 11) is 0. The van der Waals surface area contributed by atoms with Crippen LogP contribution in [0.5, 0.6) is 0 Å². The first-order valence-electron chi connectivity index (χ1n) is 10.9. The number of aryl methyl sites for hydroxylation is 1. The molecular weight excluding hydrogens is 388 g/mol. The zero-order chi connectivity index (χ0) is 21.2. The van der Waals surface area contributed by atoms with Gasteiger partial charge in [0.2, 0.25) is 5.91 Å². The Morgan fingerprint density at radius 3 is 2.81 bits per heavy atom. The highest BCUT2D eigenvalue weighted by molar-refractivity contribution is 5.81. The molecule has 0 spiro atoms. The summed E-state index contributed by atoms with van der Waals surface area (Å²) in [6.45, 7) is 3.69. The highest BCUT2D eigenvalue weighted by Gasteiger charge is 2.28. The molecule has 1 aliphatic heterocycles. The Morgan fingerprint density at radius 2 is 1.94 bits per heavy atom. The summed E-state index contributed by atoms with van der Waals surface area (Å²) in [4.78, 5) is 24.2. The lowest BCUT2D eigenvalue weighted by Crippen LogP contribution is -2.41. The number of nitrogens with zero attached hydrogens (tertiary/aromatic N) is 4. The monoisotopic (exact) mass is 414 g/mol. The Kier molecular flexibility index (Phi) is 5.28. The highest BCUT2D eigenvalue weighted by Crippen LogP contribution is 2.28. The molecule has 0 N–H and O–H groups in total. The van der Waals surface area contributed by atoms with Gasteiger partial charge in [0.05, 0.1) is 23.1 Å². The average Bonchev–Trinajstić information content (AvgIpc) is 3.39. The van der Waals surface area contributed by atoms with Crippen molar-refractivity contribution in [3.8, 4) is 0 Å². The third-order valence-electron chi connectivity index (χ3n) is 6.05. The molecule has 6 heteroatoms. The minimum atomic E-state index is 0.118. The zero-order valence-electron chi connectivity index (χ0n) is 17.7. The van der Waals surface area contributed by atoms with Crippen LogP contribution in [-0.2, 0) is 17.8 Å². The van der Waals surface area contributed by atoms with Crippen LogP contribution in [-0.4, -0.2) is 38.4 Å². The molecule has 0 radical (unpaired) electrons.